The summed E-state index contributed by atoms with van der Waals surface area (Å²) in [5.74, 6) is 2.93. The van der Waals surface area contributed by atoms with E-state index in [0.29, 0.717) is 11.7 Å². The van der Waals surface area contributed by atoms with Crippen LogP contribution in [0.1, 0.15) is 30.1 Å². The van der Waals surface area contributed by atoms with E-state index in [9.17, 15) is 0 Å². The van der Waals surface area contributed by atoms with Crippen LogP contribution in [-0.4, -0.2) is 54.3 Å². The van der Waals surface area contributed by atoms with Crippen molar-refractivity contribution < 1.29 is 4.74 Å². The van der Waals surface area contributed by atoms with Gasteiger partial charge in [-0.05, 0) is 19.8 Å². The first kappa shape index (κ1) is 13.6. The van der Waals surface area contributed by atoms with Crippen LogP contribution in [0.15, 0.2) is 0 Å². The largest absolute Gasteiger partial charge is 0.383 e. The Balaban J connectivity index is 1.58. The van der Waals surface area contributed by atoms with Crippen molar-refractivity contribution in [3.05, 3.63) is 11.4 Å². The molecule has 0 aromatic carbocycles. The minimum atomic E-state index is 0.526. The molecule has 0 unspecified atom stereocenters. The molecule has 0 atom stereocenters. The smallest absolute Gasteiger partial charge is 0.136 e. The van der Waals surface area contributed by atoms with Gasteiger partial charge in [0.25, 0.3) is 0 Å². The zero-order chi connectivity index (χ0) is 13.9. The fourth-order valence-electron chi connectivity index (χ4n) is 2.41. The molecular formula is C14H23N5O. The van der Waals surface area contributed by atoms with E-state index in [1.807, 2.05) is 6.92 Å². The second kappa shape index (κ2) is 5.93. The Hall–Kier alpha value is -1.40. The first-order chi connectivity index (χ1) is 9.74. The van der Waals surface area contributed by atoms with Crippen LogP contribution >= 0.6 is 0 Å². The van der Waals surface area contributed by atoms with Crippen molar-refractivity contribution in [2.75, 3.05) is 50.4 Å². The molecule has 110 valence electrons. The highest BCUT2D eigenvalue weighted by atomic mass is 16.5. The third-order valence-electron chi connectivity index (χ3n) is 3.97. The van der Waals surface area contributed by atoms with E-state index in [0.717, 1.165) is 56.6 Å². The summed E-state index contributed by atoms with van der Waals surface area (Å²) >= 11 is 0. The number of aromatic nitrogens is 2. The molecule has 2 heterocycles. The van der Waals surface area contributed by atoms with E-state index in [2.05, 4.69) is 20.2 Å². The quantitative estimate of drug-likeness (QED) is 0.836. The lowest BCUT2D eigenvalue weighted by Gasteiger charge is -2.26. The van der Waals surface area contributed by atoms with Crippen LogP contribution in [0.4, 0.5) is 11.6 Å². The molecule has 3 N–H and O–H groups in total. The van der Waals surface area contributed by atoms with Crippen molar-refractivity contribution in [1.82, 2.24) is 14.9 Å². The highest BCUT2D eigenvalue weighted by molar-refractivity contribution is 5.55. The van der Waals surface area contributed by atoms with Gasteiger partial charge in [0, 0.05) is 37.7 Å². The first-order valence-electron chi connectivity index (χ1n) is 7.42. The predicted octanol–water partition coefficient (Wildman–Crippen LogP) is 0.989. The highest BCUT2D eigenvalue weighted by Gasteiger charge is 2.27. The van der Waals surface area contributed by atoms with Gasteiger partial charge in [0.05, 0.1) is 13.2 Å². The van der Waals surface area contributed by atoms with E-state index < -0.39 is 0 Å². The SMILES string of the molecule is Cc1c(N)nc(C2CC2)nc1NCCN1CCOCC1. The predicted molar refractivity (Wildman–Crippen MR) is 78.9 cm³/mol. The van der Waals surface area contributed by atoms with Gasteiger partial charge < -0.3 is 15.8 Å². The van der Waals surface area contributed by atoms with Gasteiger partial charge in [-0.2, -0.15) is 0 Å². The van der Waals surface area contributed by atoms with Gasteiger partial charge in [0.15, 0.2) is 0 Å². The lowest BCUT2D eigenvalue weighted by atomic mass is 10.3. The summed E-state index contributed by atoms with van der Waals surface area (Å²) in [6, 6.07) is 0. The lowest BCUT2D eigenvalue weighted by Crippen LogP contribution is -2.39. The van der Waals surface area contributed by atoms with Crippen LogP contribution in [0.3, 0.4) is 0 Å². The Morgan fingerprint density at radius 1 is 1.30 bits per heavy atom. The third kappa shape index (κ3) is 3.19. The summed E-state index contributed by atoms with van der Waals surface area (Å²) in [7, 11) is 0. The van der Waals surface area contributed by atoms with E-state index >= 15 is 0 Å². The first-order valence-corrected chi connectivity index (χ1v) is 7.42. The second-order valence-electron chi connectivity index (χ2n) is 5.60. The average Bonchev–Trinajstić information content (AvgIpc) is 3.29. The number of rotatable bonds is 5. The van der Waals surface area contributed by atoms with Crippen molar-refractivity contribution in [3.63, 3.8) is 0 Å². The van der Waals surface area contributed by atoms with Crippen LogP contribution in [-0.2, 0) is 4.74 Å². The fraction of sp³-hybridized carbons (Fsp3) is 0.714. The third-order valence-corrected chi connectivity index (χ3v) is 3.97. The van der Waals surface area contributed by atoms with E-state index in [-0.39, 0.29) is 0 Å². The summed E-state index contributed by atoms with van der Waals surface area (Å²) in [5.41, 5.74) is 6.94. The molecule has 1 aliphatic carbocycles. The van der Waals surface area contributed by atoms with Crippen LogP contribution in [0.25, 0.3) is 0 Å². The summed E-state index contributed by atoms with van der Waals surface area (Å²) in [4.78, 5) is 11.4. The molecule has 2 aliphatic rings. The van der Waals surface area contributed by atoms with Gasteiger partial charge >= 0.3 is 0 Å². The number of hydrogen-bond donors (Lipinski definition) is 2. The standard InChI is InChI=1S/C14H23N5O/c1-10-12(15)17-14(11-2-3-11)18-13(10)16-4-5-19-6-8-20-9-7-19/h11H,2-9H2,1H3,(H3,15,16,17,18). The maximum absolute atomic E-state index is 5.98. The molecule has 0 bridgehead atoms. The maximum Gasteiger partial charge on any atom is 0.136 e. The van der Waals surface area contributed by atoms with E-state index in [1.54, 1.807) is 0 Å². The highest BCUT2D eigenvalue weighted by Crippen LogP contribution is 2.39. The van der Waals surface area contributed by atoms with Crippen LogP contribution in [0, 0.1) is 6.92 Å². The van der Waals surface area contributed by atoms with Gasteiger partial charge in [0.2, 0.25) is 0 Å². The Labute approximate surface area is 119 Å². The summed E-state index contributed by atoms with van der Waals surface area (Å²) in [6.45, 7) is 7.56. The summed E-state index contributed by atoms with van der Waals surface area (Å²) in [5, 5.41) is 3.41. The monoisotopic (exact) mass is 277 g/mol. The zero-order valence-corrected chi connectivity index (χ0v) is 12.1. The topological polar surface area (TPSA) is 76.3 Å². The number of nitrogen functional groups attached to an aromatic ring is 1. The molecule has 1 aliphatic heterocycles. The number of anilines is 2. The second-order valence-corrected chi connectivity index (χ2v) is 5.60. The minimum Gasteiger partial charge on any atom is -0.383 e. The molecule has 6 nitrogen and oxygen atoms in total. The van der Waals surface area contributed by atoms with Crippen molar-refractivity contribution in [2.24, 2.45) is 0 Å². The van der Waals surface area contributed by atoms with Gasteiger partial charge in [-0.15, -0.1) is 0 Å². The molecule has 1 saturated carbocycles. The number of ether oxygens (including phenoxy) is 1. The Morgan fingerprint density at radius 3 is 2.75 bits per heavy atom. The van der Waals surface area contributed by atoms with Crippen LogP contribution in [0.2, 0.25) is 0 Å². The van der Waals surface area contributed by atoms with Crippen molar-refractivity contribution >= 4 is 11.6 Å². The molecule has 6 heteroatoms. The van der Waals surface area contributed by atoms with Gasteiger partial charge in [-0.25, -0.2) is 9.97 Å². The van der Waals surface area contributed by atoms with Crippen LogP contribution in [0.5, 0.6) is 0 Å². The minimum absolute atomic E-state index is 0.526. The number of nitrogens with one attached hydrogen (secondary N) is 1. The molecule has 1 aromatic rings. The number of nitrogens with zero attached hydrogens (tertiary/aromatic N) is 3. The van der Waals surface area contributed by atoms with Gasteiger partial charge in [0.1, 0.15) is 17.5 Å². The Bertz CT molecular complexity index is 469. The zero-order valence-electron chi connectivity index (χ0n) is 12.1. The summed E-state index contributed by atoms with van der Waals surface area (Å²) < 4.78 is 5.35. The molecule has 1 aromatic heterocycles. The number of hydrogen-bond acceptors (Lipinski definition) is 6. The molecule has 20 heavy (non-hydrogen) atoms. The van der Waals surface area contributed by atoms with Crippen molar-refractivity contribution in [1.29, 1.82) is 0 Å². The Kier molecular flexibility index (Phi) is 4.03. The van der Waals surface area contributed by atoms with Crippen molar-refractivity contribution in [3.8, 4) is 0 Å². The summed E-state index contributed by atoms with van der Waals surface area (Å²) in [6.07, 6.45) is 2.38. The Morgan fingerprint density at radius 2 is 2.05 bits per heavy atom. The average molecular weight is 277 g/mol. The van der Waals surface area contributed by atoms with Gasteiger partial charge in [-0.3, -0.25) is 4.90 Å². The van der Waals surface area contributed by atoms with Crippen molar-refractivity contribution in [2.45, 2.75) is 25.7 Å². The molecule has 0 spiro atoms. The number of morpholine rings is 1. The lowest BCUT2D eigenvalue weighted by molar-refractivity contribution is 0.0398. The van der Waals surface area contributed by atoms with E-state index in [4.69, 9.17) is 10.5 Å². The fourth-order valence-corrected chi connectivity index (χ4v) is 2.41. The molecule has 3 rings (SSSR count). The normalized spacial score (nSPS) is 20.1. The van der Waals surface area contributed by atoms with Gasteiger partial charge in [-0.1, -0.05) is 0 Å². The van der Waals surface area contributed by atoms with Crippen LogP contribution < -0.4 is 11.1 Å². The van der Waals surface area contributed by atoms with E-state index in [1.165, 1.54) is 12.8 Å². The maximum atomic E-state index is 5.98. The molecule has 0 radical (unpaired) electrons. The molecule has 2 fully saturated rings. The molecule has 0 amide bonds. The molecular weight excluding hydrogens is 254 g/mol. The number of nitrogens with two attached hydrogens (primary N) is 1. The molecule has 1 saturated heterocycles.